The Morgan fingerprint density at radius 2 is 1.84 bits per heavy atom. The first kappa shape index (κ1) is 17.4. The second kappa shape index (κ2) is 7.20. The number of hydrogen-bond donors (Lipinski definition) is 1. The molecule has 2 heterocycles. The van der Waals surface area contributed by atoms with E-state index in [9.17, 15) is 8.42 Å². The van der Waals surface area contributed by atoms with E-state index >= 15 is 0 Å². The van der Waals surface area contributed by atoms with Crippen LogP contribution in [0.15, 0.2) is 70.6 Å². The molecule has 0 aliphatic rings. The smallest absolute Gasteiger partial charge is 0.265 e. The van der Waals surface area contributed by atoms with Gasteiger partial charge in [-0.3, -0.25) is 14.7 Å². The van der Waals surface area contributed by atoms with E-state index in [1.54, 1.807) is 42.9 Å². The van der Waals surface area contributed by atoms with Crippen molar-refractivity contribution in [2.75, 3.05) is 11.8 Å². The van der Waals surface area contributed by atoms with Gasteiger partial charge in [-0.2, -0.15) is 0 Å². The lowest BCUT2D eigenvalue weighted by Gasteiger charge is -2.12. The molecule has 0 saturated carbocycles. The second-order valence-electron chi connectivity index (χ2n) is 5.10. The molecule has 8 heteroatoms. The number of anilines is 1. The number of ether oxygens (including phenoxy) is 1. The quantitative estimate of drug-likeness (QED) is 0.681. The summed E-state index contributed by atoms with van der Waals surface area (Å²) in [5.41, 5.74) is 1.95. The van der Waals surface area contributed by atoms with Crippen molar-refractivity contribution >= 4 is 31.6 Å². The topological polar surface area (TPSA) is 81.2 Å². The molecule has 6 nitrogen and oxygen atoms in total. The van der Waals surface area contributed by atoms with E-state index in [2.05, 4.69) is 30.6 Å². The third kappa shape index (κ3) is 3.97. The van der Waals surface area contributed by atoms with Gasteiger partial charge in [0.1, 0.15) is 10.6 Å². The van der Waals surface area contributed by atoms with Crippen molar-refractivity contribution in [3.63, 3.8) is 0 Å². The molecule has 0 unspecified atom stereocenters. The average molecular weight is 420 g/mol. The lowest BCUT2D eigenvalue weighted by molar-refractivity contribution is 0.403. The highest BCUT2D eigenvalue weighted by molar-refractivity contribution is 9.10. The van der Waals surface area contributed by atoms with Gasteiger partial charge in [0.05, 0.1) is 19.0 Å². The predicted molar refractivity (Wildman–Crippen MR) is 99.0 cm³/mol. The minimum atomic E-state index is -3.84. The maximum Gasteiger partial charge on any atom is 0.265 e. The lowest BCUT2D eigenvalue weighted by Crippen LogP contribution is -2.14. The van der Waals surface area contributed by atoms with Gasteiger partial charge in [-0.05, 0) is 30.3 Å². The van der Waals surface area contributed by atoms with Crippen LogP contribution in [-0.2, 0) is 10.0 Å². The maximum atomic E-state index is 12.7. The normalized spacial score (nSPS) is 11.1. The Morgan fingerprint density at radius 1 is 1.04 bits per heavy atom. The molecular formula is C17H14BrN3O3S. The molecule has 0 aliphatic carbocycles. The van der Waals surface area contributed by atoms with Gasteiger partial charge < -0.3 is 4.74 Å². The number of pyridine rings is 2. The van der Waals surface area contributed by atoms with Crippen LogP contribution < -0.4 is 9.46 Å². The molecule has 0 saturated heterocycles. The summed E-state index contributed by atoms with van der Waals surface area (Å²) in [6, 6.07) is 10.2. The Hall–Kier alpha value is -2.45. The van der Waals surface area contributed by atoms with E-state index in [0.717, 1.165) is 11.1 Å². The molecule has 2 aromatic heterocycles. The minimum absolute atomic E-state index is 0.0381. The SMILES string of the molecule is COc1ccc(Br)cc1S(=O)(=O)Nc1cncc(-c2cccnc2)c1. The molecule has 128 valence electrons. The van der Waals surface area contributed by atoms with Crippen molar-refractivity contribution in [3.05, 3.63) is 65.7 Å². The van der Waals surface area contributed by atoms with Gasteiger partial charge in [0.15, 0.2) is 0 Å². The first-order valence-corrected chi connectivity index (χ1v) is 9.49. The number of sulfonamides is 1. The van der Waals surface area contributed by atoms with E-state index in [0.29, 0.717) is 10.2 Å². The van der Waals surface area contributed by atoms with Crippen LogP contribution in [0.3, 0.4) is 0 Å². The van der Waals surface area contributed by atoms with Gasteiger partial charge in [0, 0.05) is 34.2 Å². The first-order chi connectivity index (χ1) is 12.0. The fourth-order valence-electron chi connectivity index (χ4n) is 2.26. The first-order valence-electron chi connectivity index (χ1n) is 7.21. The Bertz CT molecular complexity index is 995. The highest BCUT2D eigenvalue weighted by Crippen LogP contribution is 2.29. The van der Waals surface area contributed by atoms with Crippen LogP contribution in [-0.4, -0.2) is 25.5 Å². The number of rotatable bonds is 5. The van der Waals surface area contributed by atoms with Gasteiger partial charge in [0.2, 0.25) is 0 Å². The van der Waals surface area contributed by atoms with Crippen LogP contribution in [0, 0.1) is 0 Å². The van der Waals surface area contributed by atoms with Crippen molar-refractivity contribution in [3.8, 4) is 16.9 Å². The molecule has 1 N–H and O–H groups in total. The van der Waals surface area contributed by atoms with Crippen LogP contribution >= 0.6 is 15.9 Å². The average Bonchev–Trinajstić information content (AvgIpc) is 2.62. The highest BCUT2D eigenvalue weighted by atomic mass is 79.9. The van der Waals surface area contributed by atoms with Crippen molar-refractivity contribution < 1.29 is 13.2 Å². The van der Waals surface area contributed by atoms with Crippen LogP contribution in [0.4, 0.5) is 5.69 Å². The van der Waals surface area contributed by atoms with E-state index in [1.807, 2.05) is 6.07 Å². The molecule has 0 atom stereocenters. The predicted octanol–water partition coefficient (Wildman–Crippen LogP) is 3.72. The van der Waals surface area contributed by atoms with Crippen LogP contribution in [0.25, 0.3) is 11.1 Å². The zero-order valence-electron chi connectivity index (χ0n) is 13.2. The van der Waals surface area contributed by atoms with Gasteiger partial charge >= 0.3 is 0 Å². The molecule has 3 aromatic rings. The molecule has 25 heavy (non-hydrogen) atoms. The summed E-state index contributed by atoms with van der Waals surface area (Å²) >= 11 is 3.28. The summed E-state index contributed by atoms with van der Waals surface area (Å²) in [6.07, 6.45) is 6.45. The van der Waals surface area contributed by atoms with E-state index in [-0.39, 0.29) is 10.6 Å². The molecule has 0 spiro atoms. The third-order valence-corrected chi connectivity index (χ3v) is 5.30. The fraction of sp³-hybridized carbons (Fsp3) is 0.0588. The summed E-state index contributed by atoms with van der Waals surface area (Å²) in [5, 5.41) is 0. The van der Waals surface area contributed by atoms with Crippen molar-refractivity contribution in [1.29, 1.82) is 0 Å². The van der Waals surface area contributed by atoms with Crippen LogP contribution in [0.1, 0.15) is 0 Å². The summed E-state index contributed by atoms with van der Waals surface area (Å²) in [4.78, 5) is 8.20. The Kier molecular flexibility index (Phi) is 5.00. The molecule has 0 fully saturated rings. The van der Waals surface area contributed by atoms with Gasteiger partial charge in [-0.25, -0.2) is 8.42 Å². The number of benzene rings is 1. The van der Waals surface area contributed by atoms with Crippen molar-refractivity contribution in [2.24, 2.45) is 0 Å². The number of hydrogen-bond acceptors (Lipinski definition) is 5. The Morgan fingerprint density at radius 3 is 2.56 bits per heavy atom. The number of nitrogens with one attached hydrogen (secondary N) is 1. The van der Waals surface area contributed by atoms with Crippen LogP contribution in [0.2, 0.25) is 0 Å². The highest BCUT2D eigenvalue weighted by Gasteiger charge is 2.20. The third-order valence-electron chi connectivity index (χ3n) is 3.40. The molecule has 0 amide bonds. The fourth-order valence-corrected chi connectivity index (χ4v) is 4.00. The zero-order chi connectivity index (χ0) is 17.9. The number of aromatic nitrogens is 2. The lowest BCUT2D eigenvalue weighted by atomic mass is 10.1. The number of halogens is 1. The standard InChI is InChI=1S/C17H14BrN3O3S/c1-24-16-5-4-14(18)8-17(16)25(22,23)21-15-7-13(10-20-11-15)12-3-2-6-19-9-12/h2-11,21H,1H3. The second-order valence-corrected chi connectivity index (χ2v) is 7.67. The summed E-state index contributed by atoms with van der Waals surface area (Å²) in [7, 11) is -2.41. The molecule has 0 bridgehead atoms. The number of nitrogens with zero attached hydrogens (tertiary/aromatic N) is 2. The monoisotopic (exact) mass is 419 g/mol. The molecule has 1 aromatic carbocycles. The van der Waals surface area contributed by atoms with Crippen LogP contribution in [0.5, 0.6) is 5.75 Å². The zero-order valence-corrected chi connectivity index (χ0v) is 15.6. The largest absolute Gasteiger partial charge is 0.495 e. The van der Waals surface area contributed by atoms with Gasteiger partial charge in [-0.1, -0.05) is 22.0 Å². The Labute approximate surface area is 154 Å². The summed E-state index contributed by atoms with van der Waals surface area (Å²) in [6.45, 7) is 0. The molecule has 3 rings (SSSR count). The van der Waals surface area contributed by atoms with Gasteiger partial charge in [0.25, 0.3) is 10.0 Å². The Balaban J connectivity index is 1.96. The minimum Gasteiger partial charge on any atom is -0.495 e. The van der Waals surface area contributed by atoms with Gasteiger partial charge in [-0.15, -0.1) is 0 Å². The van der Waals surface area contributed by atoms with E-state index in [4.69, 9.17) is 4.74 Å². The van der Waals surface area contributed by atoms with Crippen molar-refractivity contribution in [1.82, 2.24) is 9.97 Å². The maximum absolute atomic E-state index is 12.7. The summed E-state index contributed by atoms with van der Waals surface area (Å²) in [5.74, 6) is 0.257. The molecule has 0 aliphatic heterocycles. The van der Waals surface area contributed by atoms with E-state index in [1.165, 1.54) is 19.4 Å². The summed E-state index contributed by atoms with van der Waals surface area (Å²) < 4.78 is 33.8. The number of methoxy groups -OCH3 is 1. The molecular weight excluding hydrogens is 406 g/mol. The molecule has 0 radical (unpaired) electrons. The van der Waals surface area contributed by atoms with E-state index < -0.39 is 10.0 Å². The van der Waals surface area contributed by atoms with Crippen molar-refractivity contribution in [2.45, 2.75) is 4.90 Å².